The fraction of sp³-hybridized carbons (Fsp3) is 0.895. The van der Waals surface area contributed by atoms with Crippen LogP contribution in [0.15, 0.2) is 11.6 Å². The molecule has 0 saturated heterocycles. The van der Waals surface area contributed by atoms with E-state index in [0.717, 1.165) is 12.8 Å². The molecule has 136 valence electrons. The van der Waals surface area contributed by atoms with Crippen LogP contribution in [0.2, 0.25) is 36.3 Å². The van der Waals surface area contributed by atoms with E-state index in [9.17, 15) is 0 Å². The van der Waals surface area contributed by atoms with Crippen molar-refractivity contribution in [3.63, 3.8) is 0 Å². The van der Waals surface area contributed by atoms with Gasteiger partial charge in [0.05, 0.1) is 12.2 Å². The Morgan fingerprint density at radius 1 is 0.870 bits per heavy atom. The molecule has 0 saturated carbocycles. The molecule has 1 rings (SSSR count). The van der Waals surface area contributed by atoms with Crippen LogP contribution < -0.4 is 0 Å². The molecule has 2 nitrogen and oxygen atoms in total. The minimum Gasteiger partial charge on any atom is -0.414 e. The number of hydrogen-bond acceptors (Lipinski definition) is 2. The molecule has 0 N–H and O–H groups in total. The molecule has 0 aromatic carbocycles. The Morgan fingerprint density at radius 3 is 1.74 bits per heavy atom. The van der Waals surface area contributed by atoms with Crippen molar-refractivity contribution in [2.45, 2.75) is 110 Å². The van der Waals surface area contributed by atoms with E-state index in [4.69, 9.17) is 8.85 Å². The minimum absolute atomic E-state index is 0.236. The highest BCUT2D eigenvalue weighted by atomic mass is 28.4. The molecule has 0 fully saturated rings. The summed E-state index contributed by atoms with van der Waals surface area (Å²) in [5.41, 5.74) is 1.39. The number of rotatable bonds is 4. The van der Waals surface area contributed by atoms with E-state index in [0.29, 0.717) is 6.10 Å². The molecule has 0 aliphatic heterocycles. The normalized spacial score (nSPS) is 24.6. The smallest absolute Gasteiger partial charge is 0.192 e. The molecule has 0 unspecified atom stereocenters. The second kappa shape index (κ2) is 6.77. The standard InChI is InChI=1S/C19H40O2Si2/c1-15-12-13-16(20-22(8,9)18(2,3)4)14-17(15)21-23(10,11)19(5,6)7/h12,16-17H,13-14H2,1-11H3/t16-,17+/m1/s1. The van der Waals surface area contributed by atoms with E-state index < -0.39 is 16.6 Å². The zero-order valence-electron chi connectivity index (χ0n) is 17.5. The van der Waals surface area contributed by atoms with Gasteiger partial charge in [0.1, 0.15) is 0 Å². The maximum absolute atomic E-state index is 6.69. The van der Waals surface area contributed by atoms with Crippen molar-refractivity contribution in [2.24, 2.45) is 0 Å². The van der Waals surface area contributed by atoms with Crippen LogP contribution >= 0.6 is 0 Å². The van der Waals surface area contributed by atoms with Crippen LogP contribution in [-0.2, 0) is 8.85 Å². The van der Waals surface area contributed by atoms with Crippen LogP contribution in [0.4, 0.5) is 0 Å². The summed E-state index contributed by atoms with van der Waals surface area (Å²) in [6, 6.07) is 0. The molecule has 0 aromatic rings. The average molecular weight is 357 g/mol. The van der Waals surface area contributed by atoms with E-state index in [2.05, 4.69) is 80.7 Å². The Bertz CT molecular complexity index is 439. The average Bonchev–Trinajstić information content (AvgIpc) is 2.29. The summed E-state index contributed by atoms with van der Waals surface area (Å²) < 4.78 is 13.3. The largest absolute Gasteiger partial charge is 0.414 e. The summed E-state index contributed by atoms with van der Waals surface area (Å²) in [4.78, 5) is 0. The first-order valence-corrected chi connectivity index (χ1v) is 14.9. The SMILES string of the molecule is CC1=CC[C@@H](O[Si](C)(C)C(C)(C)C)C[C@@H]1O[Si](C)(C)C(C)(C)C. The summed E-state index contributed by atoms with van der Waals surface area (Å²) >= 11 is 0. The van der Waals surface area contributed by atoms with Crippen LogP contribution in [0.1, 0.15) is 61.3 Å². The first kappa shape index (κ1) is 21.1. The van der Waals surface area contributed by atoms with E-state index in [1.807, 2.05) is 0 Å². The van der Waals surface area contributed by atoms with Crippen LogP contribution in [0.25, 0.3) is 0 Å². The lowest BCUT2D eigenvalue weighted by Crippen LogP contribution is -2.48. The Balaban J connectivity index is 2.83. The summed E-state index contributed by atoms with van der Waals surface area (Å²) in [5, 5.41) is 0.513. The van der Waals surface area contributed by atoms with E-state index in [-0.39, 0.29) is 16.2 Å². The quantitative estimate of drug-likeness (QED) is 0.422. The Labute approximate surface area is 147 Å². The van der Waals surface area contributed by atoms with Gasteiger partial charge in [0.2, 0.25) is 0 Å². The van der Waals surface area contributed by atoms with Crippen LogP contribution in [-0.4, -0.2) is 28.8 Å². The lowest BCUT2D eigenvalue weighted by Gasteiger charge is -2.44. The minimum atomic E-state index is -1.74. The lowest BCUT2D eigenvalue weighted by atomic mass is 9.96. The van der Waals surface area contributed by atoms with Gasteiger partial charge in [-0.2, -0.15) is 0 Å². The molecule has 0 amide bonds. The highest BCUT2D eigenvalue weighted by Gasteiger charge is 2.43. The second-order valence-electron chi connectivity index (χ2n) is 10.3. The third-order valence-electron chi connectivity index (χ3n) is 6.20. The predicted molar refractivity (Wildman–Crippen MR) is 107 cm³/mol. The highest BCUT2D eigenvalue weighted by molar-refractivity contribution is 6.74. The van der Waals surface area contributed by atoms with Gasteiger partial charge in [0, 0.05) is 6.42 Å². The molecule has 0 spiro atoms. The van der Waals surface area contributed by atoms with Gasteiger partial charge < -0.3 is 8.85 Å². The van der Waals surface area contributed by atoms with Crippen LogP contribution in [0.5, 0.6) is 0 Å². The van der Waals surface area contributed by atoms with Gasteiger partial charge >= 0.3 is 0 Å². The zero-order valence-corrected chi connectivity index (χ0v) is 19.5. The molecule has 0 aromatic heterocycles. The van der Waals surface area contributed by atoms with E-state index in [1.54, 1.807) is 0 Å². The maximum Gasteiger partial charge on any atom is 0.192 e. The molecule has 1 aliphatic rings. The molecule has 0 heterocycles. The van der Waals surface area contributed by atoms with Crippen molar-refractivity contribution < 1.29 is 8.85 Å². The van der Waals surface area contributed by atoms with Gasteiger partial charge in [-0.3, -0.25) is 0 Å². The van der Waals surface area contributed by atoms with Crippen LogP contribution in [0, 0.1) is 0 Å². The van der Waals surface area contributed by atoms with Gasteiger partial charge in [-0.15, -0.1) is 0 Å². The van der Waals surface area contributed by atoms with Gasteiger partial charge in [-0.05, 0) is 55.2 Å². The first-order chi connectivity index (χ1) is 10.1. The van der Waals surface area contributed by atoms with Gasteiger partial charge in [0.25, 0.3) is 0 Å². The van der Waals surface area contributed by atoms with Crippen molar-refractivity contribution in [2.75, 3.05) is 0 Å². The zero-order chi connectivity index (χ0) is 18.3. The topological polar surface area (TPSA) is 18.5 Å². The molecule has 0 bridgehead atoms. The molecule has 23 heavy (non-hydrogen) atoms. The Kier molecular flexibility index (Phi) is 6.23. The molecular weight excluding hydrogens is 316 g/mol. The lowest BCUT2D eigenvalue weighted by molar-refractivity contribution is 0.101. The Morgan fingerprint density at radius 2 is 1.30 bits per heavy atom. The molecular formula is C19H40O2Si2. The third-order valence-corrected chi connectivity index (χ3v) is 15.2. The molecule has 0 radical (unpaired) electrons. The predicted octanol–water partition coefficient (Wildman–Crippen LogP) is 6.51. The fourth-order valence-electron chi connectivity index (χ4n) is 2.33. The summed E-state index contributed by atoms with van der Waals surface area (Å²) in [6.45, 7) is 25.5. The van der Waals surface area contributed by atoms with Crippen molar-refractivity contribution in [1.82, 2.24) is 0 Å². The van der Waals surface area contributed by atoms with E-state index >= 15 is 0 Å². The van der Waals surface area contributed by atoms with Gasteiger partial charge in [-0.1, -0.05) is 47.6 Å². The first-order valence-electron chi connectivity index (χ1n) is 9.09. The van der Waals surface area contributed by atoms with Crippen molar-refractivity contribution in [1.29, 1.82) is 0 Å². The van der Waals surface area contributed by atoms with Crippen molar-refractivity contribution in [3.05, 3.63) is 11.6 Å². The van der Waals surface area contributed by atoms with E-state index in [1.165, 1.54) is 5.57 Å². The fourth-order valence-corrected chi connectivity index (χ4v) is 5.06. The summed E-state index contributed by atoms with van der Waals surface area (Å²) in [7, 11) is -3.46. The monoisotopic (exact) mass is 356 g/mol. The molecule has 1 aliphatic carbocycles. The maximum atomic E-state index is 6.69. The highest BCUT2D eigenvalue weighted by Crippen LogP contribution is 2.41. The summed E-state index contributed by atoms with van der Waals surface area (Å²) in [6.07, 6.45) is 4.95. The van der Waals surface area contributed by atoms with Crippen LogP contribution in [0.3, 0.4) is 0 Å². The van der Waals surface area contributed by atoms with Crippen molar-refractivity contribution in [3.8, 4) is 0 Å². The van der Waals surface area contributed by atoms with Gasteiger partial charge in [0.15, 0.2) is 16.6 Å². The molecule has 2 atom stereocenters. The summed E-state index contributed by atoms with van der Waals surface area (Å²) in [5.74, 6) is 0. The van der Waals surface area contributed by atoms with Crippen molar-refractivity contribution >= 4 is 16.6 Å². The second-order valence-corrected chi connectivity index (χ2v) is 19.8. The third kappa shape index (κ3) is 5.28. The Hall–Kier alpha value is 0.0938. The van der Waals surface area contributed by atoms with Gasteiger partial charge in [-0.25, -0.2) is 0 Å². The molecule has 4 heteroatoms. The number of hydrogen-bond donors (Lipinski definition) is 0.